The second-order valence-corrected chi connectivity index (χ2v) is 6.04. The third kappa shape index (κ3) is 14.3. The van der Waals surface area contributed by atoms with Crippen molar-refractivity contribution >= 4 is 6.29 Å². The number of carbonyl (C=O) groups is 1. The zero-order valence-electron chi connectivity index (χ0n) is 16.0. The number of hydrogen-bond donors (Lipinski definition) is 0. The van der Waals surface area contributed by atoms with Gasteiger partial charge in [0.05, 0.1) is 16.3 Å². The van der Waals surface area contributed by atoms with Crippen LogP contribution in [0.4, 0.5) is 0 Å². The van der Waals surface area contributed by atoms with Gasteiger partial charge in [-0.2, -0.15) is 0 Å². The van der Waals surface area contributed by atoms with Crippen molar-refractivity contribution in [3.63, 3.8) is 0 Å². The Morgan fingerprint density at radius 2 is 1.37 bits per heavy atom. The van der Waals surface area contributed by atoms with Crippen molar-refractivity contribution in [1.29, 1.82) is 0 Å². The highest BCUT2D eigenvalue weighted by molar-refractivity contribution is 5.48. The maximum absolute atomic E-state index is 11.0. The molecule has 0 aromatic carbocycles. The van der Waals surface area contributed by atoms with Crippen LogP contribution in [0.3, 0.4) is 0 Å². The van der Waals surface area contributed by atoms with Crippen LogP contribution in [-0.2, 0) is 4.79 Å². The van der Waals surface area contributed by atoms with E-state index in [-0.39, 0.29) is 24.2 Å². The summed E-state index contributed by atoms with van der Waals surface area (Å²) in [6, 6.07) is 0. The van der Waals surface area contributed by atoms with Gasteiger partial charge >= 0.3 is 0 Å². The third-order valence-corrected chi connectivity index (χ3v) is 3.91. The molecular formula is C20H30N2O5. The number of hydrogen-bond acceptors (Lipinski definition) is 5. The summed E-state index contributed by atoms with van der Waals surface area (Å²) in [7, 11) is 0. The van der Waals surface area contributed by atoms with Crippen LogP contribution in [0.2, 0.25) is 0 Å². The first-order valence-electron chi connectivity index (χ1n) is 9.43. The van der Waals surface area contributed by atoms with Crippen LogP contribution < -0.4 is 0 Å². The zero-order chi connectivity index (χ0) is 20.3. The summed E-state index contributed by atoms with van der Waals surface area (Å²) in [6.07, 6.45) is 18.8. The van der Waals surface area contributed by atoms with Crippen molar-refractivity contribution < 1.29 is 14.6 Å². The first-order chi connectivity index (χ1) is 13.0. The van der Waals surface area contributed by atoms with Crippen molar-refractivity contribution in [3.05, 3.63) is 68.1 Å². The third-order valence-electron chi connectivity index (χ3n) is 3.91. The number of nitro groups is 2. The largest absolute Gasteiger partial charge is 0.303 e. The van der Waals surface area contributed by atoms with Gasteiger partial charge in [-0.1, -0.05) is 44.1 Å². The molecule has 0 bridgehead atoms. The molecule has 0 spiro atoms. The zero-order valence-corrected chi connectivity index (χ0v) is 16.0. The Labute approximate surface area is 160 Å². The van der Waals surface area contributed by atoms with Gasteiger partial charge in [0.1, 0.15) is 6.29 Å². The molecule has 0 aromatic heterocycles. The Hall–Kier alpha value is -2.57. The molecule has 0 radical (unpaired) electrons. The van der Waals surface area contributed by atoms with Crippen molar-refractivity contribution in [2.45, 2.75) is 71.1 Å². The first-order valence-corrected chi connectivity index (χ1v) is 9.43. The molecular weight excluding hydrogens is 348 g/mol. The van der Waals surface area contributed by atoms with E-state index >= 15 is 0 Å². The monoisotopic (exact) mass is 378 g/mol. The fourth-order valence-corrected chi connectivity index (χ4v) is 2.35. The van der Waals surface area contributed by atoms with E-state index in [1.807, 2.05) is 12.2 Å². The molecule has 0 amide bonds. The van der Waals surface area contributed by atoms with Crippen LogP contribution in [0.15, 0.2) is 47.9 Å². The molecule has 0 aliphatic heterocycles. The van der Waals surface area contributed by atoms with Gasteiger partial charge in [0.15, 0.2) is 0 Å². The fraction of sp³-hybridized carbons (Fsp3) is 0.550. The lowest BCUT2D eigenvalue weighted by Gasteiger charge is -1.95. The summed E-state index contributed by atoms with van der Waals surface area (Å²) in [6.45, 7) is 1.68. The maximum Gasteiger partial charge on any atom is 0.246 e. The van der Waals surface area contributed by atoms with Crippen LogP contribution >= 0.6 is 0 Å². The second-order valence-electron chi connectivity index (χ2n) is 6.04. The number of aldehydes is 1. The molecule has 0 rings (SSSR count). The topological polar surface area (TPSA) is 103 Å². The quantitative estimate of drug-likeness (QED) is 0.115. The highest BCUT2D eigenvalue weighted by Crippen LogP contribution is 2.09. The molecule has 7 heteroatoms. The van der Waals surface area contributed by atoms with Gasteiger partial charge in [-0.25, -0.2) is 0 Å². The van der Waals surface area contributed by atoms with Gasteiger partial charge in [0, 0.05) is 12.8 Å². The lowest BCUT2D eigenvalue weighted by molar-refractivity contribution is -0.428. The van der Waals surface area contributed by atoms with E-state index in [0.717, 1.165) is 44.8 Å². The molecule has 0 aliphatic rings. The molecule has 7 nitrogen and oxygen atoms in total. The number of nitrogens with zero attached hydrogens (tertiary/aromatic N) is 2. The van der Waals surface area contributed by atoms with Crippen molar-refractivity contribution in [3.8, 4) is 0 Å². The average Bonchev–Trinajstić information content (AvgIpc) is 2.63. The molecule has 150 valence electrons. The highest BCUT2D eigenvalue weighted by Gasteiger charge is 2.09. The number of rotatable bonds is 16. The summed E-state index contributed by atoms with van der Waals surface area (Å²) < 4.78 is 0. The second kappa shape index (κ2) is 16.9. The minimum Gasteiger partial charge on any atom is -0.303 e. The van der Waals surface area contributed by atoms with Crippen molar-refractivity contribution in [2.75, 3.05) is 0 Å². The SMILES string of the molecule is CC/C(=C/C/C=C(/C/C=C/C/C=C/CCCCCCC=O)[N+](=O)[O-])[N+](=O)[O-]. The van der Waals surface area contributed by atoms with E-state index in [1.165, 1.54) is 12.2 Å². The minimum atomic E-state index is -0.461. The molecule has 0 fully saturated rings. The summed E-state index contributed by atoms with van der Waals surface area (Å²) in [5.41, 5.74) is 0.110. The summed E-state index contributed by atoms with van der Waals surface area (Å²) >= 11 is 0. The number of unbranched alkanes of at least 4 members (excludes halogenated alkanes) is 5. The summed E-state index contributed by atoms with van der Waals surface area (Å²) in [5, 5.41) is 21.7. The molecule has 0 unspecified atom stereocenters. The van der Waals surface area contributed by atoms with Crippen LogP contribution in [0.5, 0.6) is 0 Å². The molecule has 0 saturated heterocycles. The minimum absolute atomic E-state index is 0.0422. The van der Waals surface area contributed by atoms with E-state index in [4.69, 9.17) is 0 Å². The van der Waals surface area contributed by atoms with Gasteiger partial charge in [0.2, 0.25) is 11.4 Å². The predicted octanol–water partition coefficient (Wildman–Crippen LogP) is 5.54. The fourth-order valence-electron chi connectivity index (χ4n) is 2.35. The number of allylic oxidation sites excluding steroid dienone is 7. The Balaban J connectivity index is 4.15. The van der Waals surface area contributed by atoms with Crippen molar-refractivity contribution in [1.82, 2.24) is 0 Å². The van der Waals surface area contributed by atoms with E-state index < -0.39 is 9.85 Å². The standard InChI is InChI=1S/C20H30N2O5/c1-2-19(21(24)25)16-14-17-20(22(26)27)15-12-10-8-6-4-3-5-7-9-11-13-18-23/h4,6,10,12,16-18H,2-3,5,7-9,11,13-15H2,1H3/b6-4+,12-10+,19-16-,20-17-. The molecule has 0 saturated carbocycles. The Kier molecular flexibility index (Phi) is 15.3. The molecule has 0 N–H and O–H groups in total. The first kappa shape index (κ1) is 24.4. The molecule has 0 aliphatic carbocycles. The van der Waals surface area contributed by atoms with Gasteiger partial charge in [-0.05, 0) is 44.3 Å². The Bertz CT molecular complexity index is 577. The molecule has 0 heterocycles. The average molecular weight is 378 g/mol. The van der Waals surface area contributed by atoms with Crippen LogP contribution in [0.1, 0.15) is 71.1 Å². The van der Waals surface area contributed by atoms with E-state index in [2.05, 4.69) is 6.08 Å². The summed E-state index contributed by atoms with van der Waals surface area (Å²) in [4.78, 5) is 31.0. The molecule has 0 aromatic rings. The van der Waals surface area contributed by atoms with Crippen LogP contribution in [0.25, 0.3) is 0 Å². The van der Waals surface area contributed by atoms with Gasteiger partial charge in [-0.15, -0.1) is 0 Å². The molecule has 27 heavy (non-hydrogen) atoms. The van der Waals surface area contributed by atoms with Crippen molar-refractivity contribution in [2.24, 2.45) is 0 Å². The molecule has 0 atom stereocenters. The van der Waals surface area contributed by atoms with Gasteiger partial charge in [-0.3, -0.25) is 20.2 Å². The predicted molar refractivity (Wildman–Crippen MR) is 106 cm³/mol. The Morgan fingerprint density at radius 3 is 1.96 bits per heavy atom. The van der Waals surface area contributed by atoms with Crippen LogP contribution in [-0.4, -0.2) is 16.1 Å². The van der Waals surface area contributed by atoms with E-state index in [9.17, 15) is 25.0 Å². The normalized spacial score (nSPS) is 12.8. The Morgan fingerprint density at radius 1 is 0.778 bits per heavy atom. The lowest BCUT2D eigenvalue weighted by atomic mass is 10.1. The van der Waals surface area contributed by atoms with Gasteiger partial charge < -0.3 is 4.79 Å². The number of carbonyl (C=O) groups excluding carboxylic acids is 1. The highest BCUT2D eigenvalue weighted by atomic mass is 16.6. The van der Waals surface area contributed by atoms with Gasteiger partial charge in [0.25, 0.3) is 0 Å². The maximum atomic E-state index is 11.0. The summed E-state index contributed by atoms with van der Waals surface area (Å²) in [5.74, 6) is 0. The smallest absolute Gasteiger partial charge is 0.246 e. The lowest BCUT2D eigenvalue weighted by Crippen LogP contribution is -1.99. The van der Waals surface area contributed by atoms with E-state index in [1.54, 1.807) is 13.0 Å². The van der Waals surface area contributed by atoms with E-state index in [0.29, 0.717) is 12.8 Å². The van der Waals surface area contributed by atoms with Crippen LogP contribution in [0, 0.1) is 20.2 Å².